The molecular formula is C51H39N3. The Kier molecular flexibility index (Phi) is 7.11. The predicted octanol–water partition coefficient (Wildman–Crippen LogP) is 10.2. The number of para-hydroxylation sites is 1. The van der Waals surface area contributed by atoms with Gasteiger partial charge in [-0.15, -0.1) is 0 Å². The number of anilines is 2. The molecule has 0 saturated heterocycles. The van der Waals surface area contributed by atoms with Crippen LogP contribution in [-0.2, 0) is 0 Å². The summed E-state index contributed by atoms with van der Waals surface area (Å²) in [6.07, 6.45) is 7.07. The Morgan fingerprint density at radius 1 is 0.537 bits per heavy atom. The first-order valence-electron chi connectivity index (χ1n) is 19.1. The smallest absolute Gasteiger partial charge is 0.106 e. The second-order valence-electron chi connectivity index (χ2n) is 15.0. The van der Waals surface area contributed by atoms with Crippen LogP contribution >= 0.6 is 0 Å². The lowest BCUT2D eigenvalue weighted by Crippen LogP contribution is -2.41. The highest BCUT2D eigenvalue weighted by Crippen LogP contribution is 2.58. The van der Waals surface area contributed by atoms with Crippen molar-refractivity contribution in [3.63, 3.8) is 0 Å². The van der Waals surface area contributed by atoms with Crippen molar-refractivity contribution in [2.75, 3.05) is 11.9 Å². The molecule has 0 spiro atoms. The van der Waals surface area contributed by atoms with Gasteiger partial charge in [-0.1, -0.05) is 158 Å². The molecule has 0 radical (unpaired) electrons. The molecular weight excluding hydrogens is 655 g/mol. The van der Waals surface area contributed by atoms with Gasteiger partial charge in [-0.2, -0.15) is 0 Å². The molecule has 0 saturated carbocycles. The Balaban J connectivity index is 1.07. The van der Waals surface area contributed by atoms with Crippen LogP contribution in [0.5, 0.6) is 0 Å². The molecule has 2 aliphatic heterocycles. The average Bonchev–Trinajstić information content (AvgIpc) is 3.59. The minimum Gasteiger partial charge on any atom is -0.355 e. The highest BCUT2D eigenvalue weighted by molar-refractivity contribution is 5.96. The Morgan fingerprint density at radius 3 is 2.17 bits per heavy atom. The Bertz CT molecular complexity index is 2810. The average molecular weight is 694 g/mol. The van der Waals surface area contributed by atoms with Crippen molar-refractivity contribution in [1.82, 2.24) is 10.2 Å². The van der Waals surface area contributed by atoms with Crippen LogP contribution in [0.15, 0.2) is 182 Å². The summed E-state index contributed by atoms with van der Waals surface area (Å²) in [5, 5.41) is 9.23. The van der Waals surface area contributed by atoms with Gasteiger partial charge >= 0.3 is 0 Å². The highest BCUT2D eigenvalue weighted by atomic mass is 15.3. The van der Waals surface area contributed by atoms with Crippen LogP contribution in [0.1, 0.15) is 57.4 Å². The van der Waals surface area contributed by atoms with Crippen molar-refractivity contribution >= 4 is 45.2 Å². The fourth-order valence-corrected chi connectivity index (χ4v) is 9.65. The first-order valence-corrected chi connectivity index (χ1v) is 19.1. The van der Waals surface area contributed by atoms with E-state index in [1.807, 2.05) is 0 Å². The lowest BCUT2D eigenvalue weighted by atomic mass is 9.69. The maximum absolute atomic E-state index is 4.07. The maximum Gasteiger partial charge on any atom is 0.106 e. The minimum absolute atomic E-state index is 0.0135. The van der Waals surface area contributed by atoms with Crippen molar-refractivity contribution in [2.45, 2.75) is 24.0 Å². The van der Waals surface area contributed by atoms with Crippen LogP contribution in [0.3, 0.4) is 0 Å². The SMILES string of the molecule is CN1C(c2ccccc2)=CC(c2cccc(N3C4=c5ccccc5=C5C=Cc6ccccc6C5C4c4ccccc43)c2)NC1c1ccc2ccccc2c1. The lowest BCUT2D eigenvalue weighted by Gasteiger charge is -2.40. The van der Waals surface area contributed by atoms with Gasteiger partial charge in [0, 0.05) is 46.9 Å². The molecule has 11 rings (SSSR count). The topological polar surface area (TPSA) is 18.5 Å². The quantitative estimate of drug-likeness (QED) is 0.198. The summed E-state index contributed by atoms with van der Waals surface area (Å²) >= 11 is 0. The van der Waals surface area contributed by atoms with Crippen LogP contribution in [0, 0.1) is 0 Å². The van der Waals surface area contributed by atoms with Gasteiger partial charge in [0.2, 0.25) is 0 Å². The summed E-state index contributed by atoms with van der Waals surface area (Å²) in [5.74, 6) is 0.434. The first-order chi connectivity index (χ1) is 26.7. The molecule has 0 aromatic heterocycles. The van der Waals surface area contributed by atoms with Crippen molar-refractivity contribution in [3.05, 3.63) is 226 Å². The number of hydrogen-bond acceptors (Lipinski definition) is 3. The predicted molar refractivity (Wildman–Crippen MR) is 223 cm³/mol. The molecule has 4 aliphatic rings. The number of nitrogens with one attached hydrogen (secondary N) is 1. The standard InChI is InChI=1S/C51H39N3/c1-53-47(35-16-3-2-4-17-35)32-45(52-51(53)38-27-26-33-14-5-6-18-36(33)30-38)37-19-13-20-39(31-37)54-46-25-12-11-24-44(46)49-48-40-21-8-7-15-34(40)28-29-42(48)41-22-9-10-23-43(41)50(49)54/h2-32,45,48-49,51-52H,1H3. The summed E-state index contributed by atoms with van der Waals surface area (Å²) < 4.78 is 0. The van der Waals surface area contributed by atoms with E-state index < -0.39 is 0 Å². The van der Waals surface area contributed by atoms with E-state index in [9.17, 15) is 0 Å². The van der Waals surface area contributed by atoms with Gasteiger partial charge < -0.3 is 9.80 Å². The number of hydrogen-bond donors (Lipinski definition) is 1. The van der Waals surface area contributed by atoms with E-state index in [2.05, 4.69) is 210 Å². The monoisotopic (exact) mass is 693 g/mol. The molecule has 4 unspecified atom stereocenters. The van der Waals surface area contributed by atoms with Gasteiger partial charge in [-0.05, 0) is 85.3 Å². The molecule has 0 bridgehead atoms. The second-order valence-corrected chi connectivity index (χ2v) is 15.0. The van der Waals surface area contributed by atoms with E-state index >= 15 is 0 Å². The van der Waals surface area contributed by atoms with Crippen LogP contribution in [0.4, 0.5) is 11.4 Å². The number of benzene rings is 7. The van der Waals surface area contributed by atoms with E-state index in [1.54, 1.807) is 0 Å². The number of allylic oxidation sites excluding steroid dienone is 1. The molecule has 54 heavy (non-hydrogen) atoms. The van der Waals surface area contributed by atoms with Crippen LogP contribution < -0.4 is 20.7 Å². The summed E-state index contributed by atoms with van der Waals surface area (Å²) in [5.41, 5.74) is 14.3. The molecule has 7 aromatic rings. The molecule has 4 atom stereocenters. The lowest BCUT2D eigenvalue weighted by molar-refractivity contribution is 0.263. The molecule has 2 heterocycles. The zero-order valence-corrected chi connectivity index (χ0v) is 30.1. The minimum atomic E-state index is -0.0201. The third-order valence-electron chi connectivity index (χ3n) is 12.1. The van der Waals surface area contributed by atoms with E-state index in [1.165, 1.54) is 82.9 Å². The first kappa shape index (κ1) is 31.1. The molecule has 0 amide bonds. The van der Waals surface area contributed by atoms with Gasteiger partial charge in [0.05, 0.1) is 6.04 Å². The number of rotatable bonds is 4. The Morgan fingerprint density at radius 2 is 1.28 bits per heavy atom. The van der Waals surface area contributed by atoms with Crippen molar-refractivity contribution in [2.24, 2.45) is 0 Å². The highest BCUT2D eigenvalue weighted by Gasteiger charge is 2.44. The van der Waals surface area contributed by atoms with Crippen molar-refractivity contribution in [3.8, 4) is 0 Å². The third-order valence-corrected chi connectivity index (χ3v) is 12.1. The molecule has 2 aliphatic carbocycles. The molecule has 258 valence electrons. The molecule has 7 aromatic carbocycles. The van der Waals surface area contributed by atoms with Gasteiger partial charge in [0.15, 0.2) is 0 Å². The van der Waals surface area contributed by atoms with Gasteiger partial charge in [0.1, 0.15) is 6.17 Å². The Labute approximate surface area is 316 Å². The van der Waals surface area contributed by atoms with E-state index in [0.29, 0.717) is 0 Å². The Hall–Kier alpha value is -6.42. The van der Waals surface area contributed by atoms with Crippen molar-refractivity contribution in [1.29, 1.82) is 0 Å². The van der Waals surface area contributed by atoms with E-state index in [0.717, 1.165) is 0 Å². The third kappa shape index (κ3) is 4.79. The van der Waals surface area contributed by atoms with Gasteiger partial charge in [-0.3, -0.25) is 5.32 Å². The zero-order chi connectivity index (χ0) is 35.8. The van der Waals surface area contributed by atoms with Crippen LogP contribution in [-0.4, -0.2) is 11.9 Å². The summed E-state index contributed by atoms with van der Waals surface area (Å²) in [6, 6.07) is 62.7. The fraction of sp³-hybridized carbons (Fsp3) is 0.0980. The summed E-state index contributed by atoms with van der Waals surface area (Å²) in [7, 11) is 2.21. The molecule has 0 fully saturated rings. The summed E-state index contributed by atoms with van der Waals surface area (Å²) in [6.45, 7) is 0. The van der Waals surface area contributed by atoms with Gasteiger partial charge in [0.25, 0.3) is 0 Å². The second kappa shape index (κ2) is 12.3. The van der Waals surface area contributed by atoms with Crippen molar-refractivity contribution < 1.29 is 0 Å². The van der Waals surface area contributed by atoms with Crippen LogP contribution in [0.2, 0.25) is 0 Å². The largest absolute Gasteiger partial charge is 0.355 e. The van der Waals surface area contributed by atoms with Crippen LogP contribution in [0.25, 0.3) is 33.8 Å². The molecule has 3 nitrogen and oxygen atoms in total. The zero-order valence-electron chi connectivity index (χ0n) is 30.1. The summed E-state index contributed by atoms with van der Waals surface area (Å²) in [4.78, 5) is 4.96. The maximum atomic E-state index is 4.07. The number of fused-ring (bicyclic) bond motifs is 9. The number of nitrogens with zero attached hydrogens (tertiary/aromatic N) is 2. The van der Waals surface area contributed by atoms with Gasteiger partial charge in [-0.25, -0.2) is 0 Å². The van der Waals surface area contributed by atoms with E-state index in [-0.39, 0.29) is 24.0 Å². The normalized spacial score (nSPS) is 20.9. The molecule has 1 N–H and O–H groups in total. The molecule has 3 heteroatoms. The van der Waals surface area contributed by atoms with E-state index in [4.69, 9.17) is 0 Å². The fourth-order valence-electron chi connectivity index (χ4n) is 9.65.